The van der Waals surface area contributed by atoms with Gasteiger partial charge < -0.3 is 10.8 Å². The number of sulfonamides is 1. The number of rotatable bonds is 12. The molecule has 0 spiro atoms. The van der Waals surface area contributed by atoms with Crippen molar-refractivity contribution in [2.75, 3.05) is 12.8 Å². The average Bonchev–Trinajstić information content (AvgIpc) is 3.31. The fourth-order valence-electron chi connectivity index (χ4n) is 5.27. The van der Waals surface area contributed by atoms with Crippen molar-refractivity contribution >= 4 is 15.9 Å². The minimum atomic E-state index is -3.69. The molecule has 1 aliphatic rings. The van der Waals surface area contributed by atoms with Crippen LogP contribution in [0.1, 0.15) is 63.6 Å². The molecular weight excluding hydrogens is 476 g/mol. The van der Waals surface area contributed by atoms with Crippen LogP contribution in [0.5, 0.6) is 0 Å². The highest BCUT2D eigenvalue weighted by atomic mass is 32.2. The van der Waals surface area contributed by atoms with E-state index in [1.54, 1.807) is 6.08 Å². The molecule has 0 saturated heterocycles. The van der Waals surface area contributed by atoms with Gasteiger partial charge in [0.1, 0.15) is 0 Å². The van der Waals surface area contributed by atoms with Crippen LogP contribution < -0.4 is 5.73 Å². The normalized spacial score (nSPS) is 24.5. The Hall–Kier alpha value is -2.49. The molecule has 3 rings (SSSR count). The minimum Gasteiger partial charge on any atom is -0.390 e. The summed E-state index contributed by atoms with van der Waals surface area (Å²) in [6.07, 6.45) is 5.90. The molecule has 1 heterocycles. The first kappa shape index (κ1) is 28.1. The third-order valence-corrected chi connectivity index (χ3v) is 9.56. The molecule has 198 valence electrons. The maximum atomic E-state index is 13.3. The number of hydrogen-bond acceptors (Lipinski definition) is 5. The van der Waals surface area contributed by atoms with E-state index in [9.17, 15) is 18.3 Å². The van der Waals surface area contributed by atoms with E-state index in [0.29, 0.717) is 31.7 Å². The summed E-state index contributed by atoms with van der Waals surface area (Å²) in [5.74, 6) is -0.405. The predicted molar refractivity (Wildman–Crippen MR) is 142 cm³/mol. The third-order valence-electron chi connectivity index (χ3n) is 7.44. The Kier molecular flexibility index (Phi) is 8.80. The van der Waals surface area contributed by atoms with Crippen LogP contribution in [0.2, 0.25) is 0 Å². The van der Waals surface area contributed by atoms with Gasteiger partial charge in [-0.15, -0.1) is 0 Å². The number of aryl methyl sites for hydroxylation is 1. The fourth-order valence-corrected chi connectivity index (χ4v) is 6.88. The van der Waals surface area contributed by atoms with Crippen LogP contribution in [0.25, 0.3) is 0 Å². The Labute approximate surface area is 215 Å². The van der Waals surface area contributed by atoms with Crippen molar-refractivity contribution in [2.45, 2.75) is 77.0 Å². The van der Waals surface area contributed by atoms with Gasteiger partial charge in [-0.25, -0.2) is 8.42 Å². The molecule has 1 aliphatic carbocycles. The zero-order chi connectivity index (χ0) is 26.6. The number of amides is 1. The largest absolute Gasteiger partial charge is 0.390 e. The molecule has 36 heavy (non-hydrogen) atoms. The van der Waals surface area contributed by atoms with Gasteiger partial charge in [-0.3, -0.25) is 9.48 Å². The van der Waals surface area contributed by atoms with Gasteiger partial charge in [0.25, 0.3) is 0 Å². The molecule has 1 amide bonds. The second-order valence-corrected chi connectivity index (χ2v) is 12.3. The maximum absolute atomic E-state index is 13.3. The summed E-state index contributed by atoms with van der Waals surface area (Å²) in [5.41, 5.74) is 5.12. The second kappa shape index (κ2) is 11.3. The molecule has 0 bridgehead atoms. The number of primary amides is 1. The van der Waals surface area contributed by atoms with E-state index < -0.39 is 33.0 Å². The van der Waals surface area contributed by atoms with Crippen LogP contribution >= 0.6 is 0 Å². The molecule has 1 aromatic carbocycles. The molecule has 1 aromatic heterocycles. The van der Waals surface area contributed by atoms with Gasteiger partial charge in [0.05, 0.1) is 28.5 Å². The second-order valence-electron chi connectivity index (χ2n) is 10.2. The Morgan fingerprint density at radius 3 is 2.56 bits per heavy atom. The summed E-state index contributed by atoms with van der Waals surface area (Å²) in [6, 6.07) is 11.3. The number of nitrogens with two attached hydrogens (primary N) is 1. The lowest BCUT2D eigenvalue weighted by Gasteiger charge is -2.52. The summed E-state index contributed by atoms with van der Waals surface area (Å²) in [4.78, 5) is 13.0. The number of benzene rings is 1. The van der Waals surface area contributed by atoms with Crippen molar-refractivity contribution in [1.82, 2.24) is 14.1 Å². The van der Waals surface area contributed by atoms with E-state index >= 15 is 0 Å². The Balaban J connectivity index is 1.99. The first-order valence-corrected chi connectivity index (χ1v) is 14.3. The molecule has 0 fully saturated rings. The minimum absolute atomic E-state index is 0.0408. The standard InChI is InChI=1S/C27H40N4O4S/c1-5-19-36(34,35)30(4)27(16-10-17-31-18-13-23(29-31)21(2)3)15-9-14-26(24(27)32,25(28)33)20-22-11-7-6-8-12-22/h6-9,11-14,18,21,24,32H,5,10,15-17,19-20H2,1-4H3,(H2,28,33). The SMILES string of the molecule is CCCS(=O)(=O)N(C)C1(CCCn2ccc(C(C)C)n2)CC=CC(Cc2ccccc2)(C(N)=O)C1O. The summed E-state index contributed by atoms with van der Waals surface area (Å²) in [6.45, 7) is 6.53. The van der Waals surface area contributed by atoms with Gasteiger partial charge in [-0.1, -0.05) is 63.3 Å². The topological polar surface area (TPSA) is 119 Å². The first-order valence-electron chi connectivity index (χ1n) is 12.7. The van der Waals surface area contributed by atoms with E-state index in [4.69, 9.17) is 5.73 Å². The number of carbonyl (C=O) groups is 1. The molecular formula is C27H40N4O4S. The van der Waals surface area contributed by atoms with Crippen LogP contribution in [0, 0.1) is 5.41 Å². The Morgan fingerprint density at radius 1 is 1.28 bits per heavy atom. The smallest absolute Gasteiger partial charge is 0.230 e. The average molecular weight is 517 g/mol. The van der Waals surface area contributed by atoms with Gasteiger partial charge in [0.2, 0.25) is 15.9 Å². The van der Waals surface area contributed by atoms with E-state index in [2.05, 4.69) is 18.9 Å². The van der Waals surface area contributed by atoms with Crippen LogP contribution in [-0.2, 0) is 27.8 Å². The molecule has 3 N–H and O–H groups in total. The molecule has 3 atom stereocenters. The van der Waals surface area contributed by atoms with E-state index in [0.717, 1.165) is 11.3 Å². The predicted octanol–water partition coefficient (Wildman–Crippen LogP) is 3.23. The summed E-state index contributed by atoms with van der Waals surface area (Å²) in [5, 5.41) is 16.6. The summed E-state index contributed by atoms with van der Waals surface area (Å²) in [7, 11) is -2.17. The van der Waals surface area contributed by atoms with Crippen LogP contribution in [0.3, 0.4) is 0 Å². The molecule has 2 aromatic rings. The highest BCUT2D eigenvalue weighted by Gasteiger charge is 2.57. The number of carbonyl (C=O) groups excluding carboxylic acids is 1. The van der Waals surface area contributed by atoms with Gasteiger partial charge in [0, 0.05) is 19.8 Å². The number of likely N-dealkylation sites (N-methyl/N-ethyl adjacent to an activating group) is 1. The van der Waals surface area contributed by atoms with Gasteiger partial charge in [0.15, 0.2) is 0 Å². The van der Waals surface area contributed by atoms with Crippen molar-refractivity contribution in [3.63, 3.8) is 0 Å². The molecule has 0 radical (unpaired) electrons. The first-order chi connectivity index (χ1) is 17.0. The summed E-state index contributed by atoms with van der Waals surface area (Å²) >= 11 is 0. The van der Waals surface area contributed by atoms with Crippen molar-refractivity contribution in [3.05, 3.63) is 66.0 Å². The molecule has 0 aliphatic heterocycles. The van der Waals surface area contributed by atoms with Crippen LogP contribution in [0.15, 0.2) is 54.7 Å². The molecule has 0 saturated carbocycles. The fraction of sp³-hybridized carbons (Fsp3) is 0.556. The molecule has 3 unspecified atom stereocenters. The molecule has 8 nitrogen and oxygen atoms in total. The number of aromatic nitrogens is 2. The van der Waals surface area contributed by atoms with E-state index in [1.165, 1.54) is 11.4 Å². The van der Waals surface area contributed by atoms with E-state index in [1.807, 2.05) is 60.3 Å². The van der Waals surface area contributed by atoms with Crippen molar-refractivity contribution in [1.29, 1.82) is 0 Å². The third kappa shape index (κ3) is 5.58. The van der Waals surface area contributed by atoms with Crippen molar-refractivity contribution in [3.8, 4) is 0 Å². The highest BCUT2D eigenvalue weighted by Crippen LogP contribution is 2.46. The summed E-state index contributed by atoms with van der Waals surface area (Å²) < 4.78 is 29.7. The lowest BCUT2D eigenvalue weighted by molar-refractivity contribution is -0.139. The zero-order valence-corrected chi connectivity index (χ0v) is 22.6. The van der Waals surface area contributed by atoms with E-state index in [-0.39, 0.29) is 18.6 Å². The van der Waals surface area contributed by atoms with Gasteiger partial charge >= 0.3 is 0 Å². The number of nitrogens with zero attached hydrogens (tertiary/aromatic N) is 3. The Morgan fingerprint density at radius 2 is 1.97 bits per heavy atom. The zero-order valence-electron chi connectivity index (χ0n) is 21.8. The number of aliphatic hydroxyl groups excluding tert-OH is 1. The van der Waals surface area contributed by atoms with Gasteiger partial charge in [-0.05, 0) is 49.7 Å². The molecule has 9 heteroatoms. The van der Waals surface area contributed by atoms with Gasteiger partial charge in [-0.2, -0.15) is 9.40 Å². The highest BCUT2D eigenvalue weighted by molar-refractivity contribution is 7.89. The van der Waals surface area contributed by atoms with Crippen molar-refractivity contribution in [2.24, 2.45) is 11.1 Å². The van der Waals surface area contributed by atoms with Crippen LogP contribution in [0.4, 0.5) is 0 Å². The number of hydrogen-bond donors (Lipinski definition) is 2. The Bertz CT molecular complexity index is 1160. The van der Waals surface area contributed by atoms with Crippen molar-refractivity contribution < 1.29 is 18.3 Å². The lowest BCUT2D eigenvalue weighted by atomic mass is 9.63. The number of aliphatic hydroxyl groups is 1. The quantitative estimate of drug-likeness (QED) is 0.420. The van der Waals surface area contributed by atoms with Crippen LogP contribution in [-0.4, -0.2) is 58.0 Å². The lowest BCUT2D eigenvalue weighted by Crippen LogP contribution is -2.66. The maximum Gasteiger partial charge on any atom is 0.230 e. The monoisotopic (exact) mass is 516 g/mol.